The van der Waals surface area contributed by atoms with Gasteiger partial charge in [0.1, 0.15) is 24.0 Å². The normalized spacial score (nSPS) is 19.0. The van der Waals surface area contributed by atoms with Crippen LogP contribution in [0, 0.1) is 11.6 Å². The van der Waals surface area contributed by atoms with Crippen molar-refractivity contribution in [3.8, 4) is 28.0 Å². The minimum Gasteiger partial charge on any atom is -0.492 e. The Morgan fingerprint density at radius 1 is 0.821 bits per heavy atom. The molecular weight excluding hydrogens is 360 g/mol. The number of hydrogen-bond donors (Lipinski definition) is 2. The number of benzene rings is 3. The van der Waals surface area contributed by atoms with Crippen molar-refractivity contribution in [1.29, 1.82) is 0 Å². The lowest BCUT2D eigenvalue weighted by Crippen LogP contribution is -2.28. The van der Waals surface area contributed by atoms with Gasteiger partial charge in [0.25, 0.3) is 0 Å². The van der Waals surface area contributed by atoms with Crippen LogP contribution in [0.3, 0.4) is 0 Å². The Morgan fingerprint density at radius 3 is 1.82 bits per heavy atom. The molecule has 1 aliphatic rings. The van der Waals surface area contributed by atoms with Crippen LogP contribution in [0.2, 0.25) is 0 Å². The Morgan fingerprint density at radius 2 is 1.36 bits per heavy atom. The van der Waals surface area contributed by atoms with Gasteiger partial charge >= 0.3 is 0 Å². The topological polar surface area (TPSA) is 41.5 Å². The molecule has 0 aliphatic carbocycles. The highest BCUT2D eigenvalue weighted by atomic mass is 19.1. The summed E-state index contributed by atoms with van der Waals surface area (Å²) >= 11 is 0. The minimum absolute atomic E-state index is 0.0961. The highest BCUT2D eigenvalue weighted by Gasteiger charge is 2.22. The van der Waals surface area contributed by atoms with Gasteiger partial charge in [0.2, 0.25) is 0 Å². The van der Waals surface area contributed by atoms with Crippen molar-refractivity contribution in [2.24, 2.45) is 0 Å². The van der Waals surface area contributed by atoms with Crippen LogP contribution >= 0.6 is 0 Å². The van der Waals surface area contributed by atoms with E-state index in [0.717, 1.165) is 22.3 Å². The Bertz CT molecular complexity index is 878. The molecule has 2 N–H and O–H groups in total. The largest absolute Gasteiger partial charge is 0.492 e. The van der Waals surface area contributed by atoms with E-state index in [1.807, 2.05) is 18.2 Å². The molecule has 0 unspecified atom stereocenters. The number of aliphatic hydroxyl groups excluding tert-OH is 1. The first kappa shape index (κ1) is 18.6. The fraction of sp³-hybridized carbons (Fsp3) is 0.217. The molecule has 144 valence electrons. The van der Waals surface area contributed by atoms with Crippen molar-refractivity contribution in [2.45, 2.75) is 18.6 Å². The molecule has 0 aromatic heterocycles. The van der Waals surface area contributed by atoms with Gasteiger partial charge < -0.3 is 15.2 Å². The highest BCUT2D eigenvalue weighted by Crippen LogP contribution is 2.32. The third kappa shape index (κ3) is 4.38. The van der Waals surface area contributed by atoms with E-state index in [4.69, 9.17) is 4.74 Å². The van der Waals surface area contributed by atoms with Crippen molar-refractivity contribution in [3.05, 3.63) is 78.4 Å². The highest BCUT2D eigenvalue weighted by molar-refractivity contribution is 5.75. The van der Waals surface area contributed by atoms with Crippen LogP contribution in [0.5, 0.6) is 5.75 Å². The van der Waals surface area contributed by atoms with E-state index < -0.39 is 0 Å². The number of hydrogen-bond acceptors (Lipinski definition) is 3. The van der Waals surface area contributed by atoms with Gasteiger partial charge in [-0.1, -0.05) is 24.3 Å². The molecule has 2 atom stereocenters. The van der Waals surface area contributed by atoms with Gasteiger partial charge in [-0.05, 0) is 71.1 Å². The molecule has 0 saturated carbocycles. The molecule has 3 aromatic rings. The second kappa shape index (κ2) is 8.09. The molecule has 1 heterocycles. The Kier molecular flexibility index (Phi) is 5.37. The summed E-state index contributed by atoms with van der Waals surface area (Å²) in [5, 5.41) is 12.9. The van der Waals surface area contributed by atoms with E-state index in [-0.39, 0.29) is 23.8 Å². The average Bonchev–Trinajstić information content (AvgIpc) is 3.12. The molecule has 28 heavy (non-hydrogen) atoms. The predicted octanol–water partition coefficient (Wildman–Crippen LogP) is 4.40. The van der Waals surface area contributed by atoms with Crippen LogP contribution in [0.4, 0.5) is 8.78 Å². The standard InChI is InChI=1S/C23H21F2NO2/c24-19-5-1-15(2-6-19)17-9-18(16-3-7-20(25)8-4-16)11-23(10-17)28-14-21-12-22(27)13-26-21/h1-11,21-22,26-27H,12-14H2/t21-,22-/m0/s1. The van der Waals surface area contributed by atoms with Crippen LogP contribution in [-0.4, -0.2) is 30.4 Å². The lowest BCUT2D eigenvalue weighted by atomic mass is 9.98. The Labute approximate surface area is 162 Å². The van der Waals surface area contributed by atoms with E-state index in [0.29, 0.717) is 25.3 Å². The molecule has 0 spiro atoms. The molecule has 1 fully saturated rings. The smallest absolute Gasteiger partial charge is 0.123 e. The Balaban J connectivity index is 1.65. The van der Waals surface area contributed by atoms with Crippen LogP contribution in [0.1, 0.15) is 6.42 Å². The number of rotatable bonds is 5. The molecule has 1 saturated heterocycles. The third-order valence-corrected chi connectivity index (χ3v) is 4.91. The fourth-order valence-corrected chi connectivity index (χ4v) is 3.42. The van der Waals surface area contributed by atoms with E-state index in [1.54, 1.807) is 24.3 Å². The number of ether oxygens (including phenoxy) is 1. The minimum atomic E-state index is -0.339. The summed E-state index contributed by atoms with van der Waals surface area (Å²) in [6, 6.07) is 18.5. The van der Waals surface area contributed by atoms with Gasteiger partial charge in [-0.15, -0.1) is 0 Å². The second-order valence-corrected chi connectivity index (χ2v) is 7.07. The third-order valence-electron chi connectivity index (χ3n) is 4.91. The van der Waals surface area contributed by atoms with Crippen LogP contribution in [0.15, 0.2) is 66.7 Å². The first-order valence-electron chi connectivity index (χ1n) is 9.28. The van der Waals surface area contributed by atoms with Gasteiger partial charge in [0.15, 0.2) is 0 Å². The lowest BCUT2D eigenvalue weighted by Gasteiger charge is -2.15. The van der Waals surface area contributed by atoms with Crippen LogP contribution < -0.4 is 10.1 Å². The molecule has 4 rings (SSSR count). The summed E-state index contributed by atoms with van der Waals surface area (Å²) in [7, 11) is 0. The number of β-amino-alcohol motifs (C(OH)–C–C–N with tert-alkyl or cyclic N) is 1. The first-order chi connectivity index (χ1) is 13.6. The zero-order valence-corrected chi connectivity index (χ0v) is 15.2. The summed E-state index contributed by atoms with van der Waals surface area (Å²) in [5.74, 6) is 0.0888. The van der Waals surface area contributed by atoms with Crippen molar-refractivity contribution >= 4 is 0 Å². The molecule has 3 aromatic carbocycles. The molecule has 0 radical (unpaired) electrons. The molecule has 3 nitrogen and oxygen atoms in total. The maximum absolute atomic E-state index is 13.3. The van der Waals surface area contributed by atoms with Crippen molar-refractivity contribution in [3.63, 3.8) is 0 Å². The molecule has 0 bridgehead atoms. The van der Waals surface area contributed by atoms with Gasteiger partial charge in [0.05, 0.1) is 6.10 Å². The van der Waals surface area contributed by atoms with Crippen LogP contribution in [-0.2, 0) is 0 Å². The van der Waals surface area contributed by atoms with Crippen molar-refractivity contribution < 1.29 is 18.6 Å². The summed E-state index contributed by atoms with van der Waals surface area (Å²) in [6.45, 7) is 1.01. The summed E-state index contributed by atoms with van der Waals surface area (Å²) in [5.41, 5.74) is 3.50. The van der Waals surface area contributed by atoms with Crippen LogP contribution in [0.25, 0.3) is 22.3 Å². The lowest BCUT2D eigenvalue weighted by molar-refractivity contribution is 0.187. The van der Waals surface area contributed by atoms with E-state index in [9.17, 15) is 13.9 Å². The maximum Gasteiger partial charge on any atom is 0.123 e. The molecule has 5 heteroatoms. The molecule has 1 aliphatic heterocycles. The summed E-state index contributed by atoms with van der Waals surface area (Å²) < 4.78 is 32.6. The van der Waals surface area contributed by atoms with Gasteiger partial charge in [-0.25, -0.2) is 8.78 Å². The average molecular weight is 381 g/mol. The van der Waals surface area contributed by atoms with Gasteiger partial charge in [-0.2, -0.15) is 0 Å². The number of aliphatic hydroxyl groups is 1. The second-order valence-electron chi connectivity index (χ2n) is 7.07. The van der Waals surface area contributed by atoms with E-state index in [2.05, 4.69) is 5.32 Å². The fourth-order valence-electron chi connectivity index (χ4n) is 3.42. The quantitative estimate of drug-likeness (QED) is 0.688. The van der Waals surface area contributed by atoms with Gasteiger partial charge in [-0.3, -0.25) is 0 Å². The summed E-state index contributed by atoms with van der Waals surface area (Å²) in [4.78, 5) is 0. The first-order valence-corrected chi connectivity index (χ1v) is 9.28. The molecular formula is C23H21F2NO2. The van der Waals surface area contributed by atoms with E-state index >= 15 is 0 Å². The van der Waals surface area contributed by atoms with Crippen molar-refractivity contribution in [2.75, 3.05) is 13.2 Å². The van der Waals surface area contributed by atoms with Gasteiger partial charge in [0, 0.05) is 12.6 Å². The maximum atomic E-state index is 13.3. The zero-order chi connectivity index (χ0) is 19.5. The predicted molar refractivity (Wildman–Crippen MR) is 105 cm³/mol. The summed E-state index contributed by atoms with van der Waals surface area (Å²) in [6.07, 6.45) is 0.316. The Hall–Kier alpha value is -2.76. The van der Waals surface area contributed by atoms with E-state index in [1.165, 1.54) is 24.3 Å². The zero-order valence-electron chi connectivity index (χ0n) is 15.2. The monoisotopic (exact) mass is 381 g/mol. The number of halogens is 2. The number of nitrogens with one attached hydrogen (secondary N) is 1. The SMILES string of the molecule is O[C@@H]1CN[C@H](COc2cc(-c3ccc(F)cc3)cc(-c3ccc(F)cc3)c2)C1. The molecule has 0 amide bonds. The van der Waals surface area contributed by atoms with Crippen molar-refractivity contribution in [1.82, 2.24) is 5.32 Å².